The zero-order valence-corrected chi connectivity index (χ0v) is 10.8. The SMILES string of the molecule is C=C(C(=O)OCC)C(OC(C)=O)c1ccc(F)cc1. The van der Waals surface area contributed by atoms with Gasteiger partial charge in [-0.3, -0.25) is 4.79 Å². The van der Waals surface area contributed by atoms with Crippen LogP contribution in [-0.2, 0) is 19.1 Å². The minimum atomic E-state index is -0.975. The van der Waals surface area contributed by atoms with Crippen LogP contribution in [0.25, 0.3) is 0 Å². The Morgan fingerprint density at radius 2 is 1.89 bits per heavy atom. The van der Waals surface area contributed by atoms with Crippen LogP contribution < -0.4 is 0 Å². The van der Waals surface area contributed by atoms with Crippen LogP contribution in [0.2, 0.25) is 0 Å². The molecule has 0 saturated heterocycles. The number of ether oxygens (including phenoxy) is 2. The normalized spacial score (nSPS) is 11.5. The minimum absolute atomic E-state index is 0.0105. The van der Waals surface area contributed by atoms with Crippen LogP contribution in [0.5, 0.6) is 0 Å². The first kappa shape index (κ1) is 14.9. The summed E-state index contributed by atoms with van der Waals surface area (Å²) in [6.07, 6.45) is -0.975. The number of benzene rings is 1. The third-order valence-electron chi connectivity index (χ3n) is 2.31. The molecule has 1 aromatic carbocycles. The molecule has 0 aliphatic carbocycles. The van der Waals surface area contributed by atoms with Crippen molar-refractivity contribution < 1.29 is 23.5 Å². The molecule has 0 N–H and O–H groups in total. The lowest BCUT2D eigenvalue weighted by atomic mass is 10.0. The maximum absolute atomic E-state index is 12.9. The summed E-state index contributed by atoms with van der Waals surface area (Å²) in [7, 11) is 0. The molecule has 1 aromatic rings. The van der Waals surface area contributed by atoms with E-state index in [0.717, 1.165) is 0 Å². The van der Waals surface area contributed by atoms with E-state index < -0.39 is 23.9 Å². The standard InChI is InChI=1S/C14H15FO4/c1-4-18-14(17)9(2)13(19-10(3)16)11-5-7-12(15)8-6-11/h5-8,13H,2,4H2,1,3H3. The molecule has 19 heavy (non-hydrogen) atoms. The molecule has 0 radical (unpaired) electrons. The molecule has 0 aromatic heterocycles. The summed E-state index contributed by atoms with van der Waals surface area (Å²) in [5.41, 5.74) is 0.443. The molecule has 0 saturated carbocycles. The predicted octanol–water partition coefficient (Wildman–Crippen LogP) is 2.55. The molecular formula is C14H15FO4. The summed E-state index contributed by atoms with van der Waals surface area (Å²) in [5, 5.41) is 0. The Kier molecular flexibility index (Phi) is 5.23. The van der Waals surface area contributed by atoms with Gasteiger partial charge in [-0.1, -0.05) is 18.7 Å². The maximum Gasteiger partial charge on any atom is 0.337 e. The molecule has 1 atom stereocenters. The third kappa shape index (κ3) is 4.21. The van der Waals surface area contributed by atoms with Crippen LogP contribution in [0.4, 0.5) is 4.39 Å². The van der Waals surface area contributed by atoms with E-state index in [9.17, 15) is 14.0 Å². The Balaban J connectivity index is 3.00. The van der Waals surface area contributed by atoms with E-state index in [2.05, 4.69) is 6.58 Å². The van der Waals surface area contributed by atoms with Gasteiger partial charge in [-0.05, 0) is 24.6 Å². The molecule has 0 bridgehead atoms. The first-order valence-corrected chi connectivity index (χ1v) is 5.74. The first-order chi connectivity index (χ1) is 8.95. The quantitative estimate of drug-likeness (QED) is 0.607. The van der Waals surface area contributed by atoms with Crippen molar-refractivity contribution in [3.05, 3.63) is 47.8 Å². The summed E-state index contributed by atoms with van der Waals surface area (Å²) < 4.78 is 22.7. The molecule has 0 fully saturated rings. The van der Waals surface area contributed by atoms with Crippen LogP contribution in [0, 0.1) is 5.82 Å². The van der Waals surface area contributed by atoms with Gasteiger partial charge in [0.2, 0.25) is 0 Å². The summed E-state index contributed by atoms with van der Waals surface area (Å²) in [6.45, 7) is 6.64. The highest BCUT2D eigenvalue weighted by atomic mass is 19.1. The second kappa shape index (κ2) is 6.68. The van der Waals surface area contributed by atoms with Crippen molar-refractivity contribution in [1.29, 1.82) is 0 Å². The van der Waals surface area contributed by atoms with Crippen LogP contribution in [-0.4, -0.2) is 18.5 Å². The lowest BCUT2D eigenvalue weighted by Crippen LogP contribution is -2.18. The van der Waals surface area contributed by atoms with E-state index in [1.54, 1.807) is 6.92 Å². The Hall–Kier alpha value is -2.17. The van der Waals surface area contributed by atoms with Gasteiger partial charge in [0, 0.05) is 6.92 Å². The van der Waals surface area contributed by atoms with Gasteiger partial charge in [-0.15, -0.1) is 0 Å². The minimum Gasteiger partial charge on any atom is -0.463 e. The summed E-state index contributed by atoms with van der Waals surface area (Å²) in [4.78, 5) is 22.7. The van der Waals surface area contributed by atoms with Crippen molar-refractivity contribution in [2.75, 3.05) is 6.61 Å². The van der Waals surface area contributed by atoms with E-state index in [1.165, 1.54) is 31.2 Å². The van der Waals surface area contributed by atoms with Gasteiger partial charge in [-0.25, -0.2) is 9.18 Å². The summed E-state index contributed by atoms with van der Waals surface area (Å²) >= 11 is 0. The molecule has 1 unspecified atom stereocenters. The van der Waals surface area contributed by atoms with Crippen LogP contribution in [0.1, 0.15) is 25.5 Å². The van der Waals surface area contributed by atoms with E-state index >= 15 is 0 Å². The first-order valence-electron chi connectivity index (χ1n) is 5.74. The van der Waals surface area contributed by atoms with Gasteiger partial charge in [0.25, 0.3) is 0 Å². The zero-order valence-electron chi connectivity index (χ0n) is 10.8. The highest BCUT2D eigenvalue weighted by Gasteiger charge is 2.24. The average Bonchev–Trinajstić information content (AvgIpc) is 2.36. The zero-order chi connectivity index (χ0) is 14.4. The van der Waals surface area contributed by atoms with Gasteiger partial charge >= 0.3 is 11.9 Å². The number of halogens is 1. The molecule has 0 aliphatic heterocycles. The third-order valence-corrected chi connectivity index (χ3v) is 2.31. The number of hydrogen-bond donors (Lipinski definition) is 0. The number of hydrogen-bond acceptors (Lipinski definition) is 4. The fraction of sp³-hybridized carbons (Fsp3) is 0.286. The predicted molar refractivity (Wildman–Crippen MR) is 66.7 cm³/mol. The monoisotopic (exact) mass is 266 g/mol. The van der Waals surface area contributed by atoms with Crippen LogP contribution in [0.3, 0.4) is 0 Å². The van der Waals surface area contributed by atoms with Gasteiger partial charge in [0.05, 0.1) is 12.2 Å². The van der Waals surface area contributed by atoms with Crippen molar-refractivity contribution in [1.82, 2.24) is 0 Å². The van der Waals surface area contributed by atoms with Crippen molar-refractivity contribution in [2.24, 2.45) is 0 Å². The Morgan fingerprint density at radius 1 is 1.32 bits per heavy atom. The summed E-state index contributed by atoms with van der Waals surface area (Å²) in [5.74, 6) is -1.65. The second-order valence-electron chi connectivity index (χ2n) is 3.79. The molecular weight excluding hydrogens is 251 g/mol. The number of carbonyl (C=O) groups is 2. The second-order valence-corrected chi connectivity index (χ2v) is 3.79. The Bertz CT molecular complexity index is 479. The Labute approximate surface area is 110 Å². The van der Waals surface area contributed by atoms with E-state index in [4.69, 9.17) is 9.47 Å². The maximum atomic E-state index is 12.9. The molecule has 102 valence electrons. The van der Waals surface area contributed by atoms with Crippen molar-refractivity contribution in [3.63, 3.8) is 0 Å². The number of esters is 2. The van der Waals surface area contributed by atoms with Gasteiger partial charge in [-0.2, -0.15) is 0 Å². The van der Waals surface area contributed by atoms with E-state index in [-0.39, 0.29) is 12.2 Å². The molecule has 0 heterocycles. The highest BCUT2D eigenvalue weighted by Crippen LogP contribution is 2.26. The van der Waals surface area contributed by atoms with Gasteiger partial charge < -0.3 is 9.47 Å². The van der Waals surface area contributed by atoms with Crippen LogP contribution in [0.15, 0.2) is 36.4 Å². The fourth-order valence-corrected chi connectivity index (χ4v) is 1.47. The molecule has 5 heteroatoms. The van der Waals surface area contributed by atoms with Gasteiger partial charge in [0.1, 0.15) is 5.82 Å². The van der Waals surface area contributed by atoms with Crippen molar-refractivity contribution in [3.8, 4) is 0 Å². The van der Waals surface area contributed by atoms with E-state index in [0.29, 0.717) is 5.56 Å². The van der Waals surface area contributed by atoms with Gasteiger partial charge in [0.15, 0.2) is 6.10 Å². The smallest absolute Gasteiger partial charge is 0.337 e. The van der Waals surface area contributed by atoms with Crippen molar-refractivity contribution >= 4 is 11.9 Å². The van der Waals surface area contributed by atoms with E-state index in [1.807, 2.05) is 0 Å². The largest absolute Gasteiger partial charge is 0.463 e. The molecule has 0 spiro atoms. The molecule has 1 rings (SSSR count). The topological polar surface area (TPSA) is 52.6 Å². The molecule has 0 amide bonds. The lowest BCUT2D eigenvalue weighted by molar-refractivity contribution is -0.147. The lowest BCUT2D eigenvalue weighted by Gasteiger charge is -2.18. The molecule has 0 aliphatic rings. The van der Waals surface area contributed by atoms with Crippen molar-refractivity contribution in [2.45, 2.75) is 20.0 Å². The molecule has 4 nitrogen and oxygen atoms in total. The number of rotatable bonds is 5. The summed E-state index contributed by atoms with van der Waals surface area (Å²) in [6, 6.07) is 5.27. The average molecular weight is 266 g/mol. The Morgan fingerprint density at radius 3 is 2.37 bits per heavy atom. The highest BCUT2D eigenvalue weighted by molar-refractivity contribution is 5.89. The number of carbonyl (C=O) groups excluding carboxylic acids is 2. The fourth-order valence-electron chi connectivity index (χ4n) is 1.47. The van der Waals surface area contributed by atoms with Crippen LogP contribution >= 0.6 is 0 Å².